The van der Waals surface area contributed by atoms with E-state index in [0.717, 1.165) is 5.69 Å². The molecule has 0 atom stereocenters. The zero-order valence-electron chi connectivity index (χ0n) is 40.0. The summed E-state index contributed by atoms with van der Waals surface area (Å²) < 4.78 is 5.12. The van der Waals surface area contributed by atoms with Gasteiger partial charge in [0.1, 0.15) is 0 Å². The first kappa shape index (κ1) is 40.4. The Balaban J connectivity index is 0.834. The molecule has 5 nitrogen and oxygen atoms in total. The number of fused-ring (bicyclic) bond motifs is 22. The lowest BCUT2D eigenvalue weighted by Gasteiger charge is -2.36. The molecule has 4 aliphatic heterocycles. The van der Waals surface area contributed by atoms with Crippen molar-refractivity contribution >= 4 is 124 Å². The molecule has 0 saturated heterocycles. The Morgan fingerprint density at radius 2 is 0.811 bits per heavy atom. The average molecular weight is 958 g/mol. The maximum atomic E-state index is 2.59. The second kappa shape index (κ2) is 15.2. The molecule has 0 fully saturated rings. The van der Waals surface area contributed by atoms with E-state index in [-0.39, 0.29) is 14.0 Å². The van der Waals surface area contributed by atoms with E-state index in [1.807, 2.05) is 11.3 Å². The van der Waals surface area contributed by atoms with Gasteiger partial charge in [0.15, 0.2) is 0 Å². The lowest BCUT2D eigenvalue weighted by atomic mass is 9.59. The van der Waals surface area contributed by atoms with Crippen molar-refractivity contribution in [3.63, 3.8) is 0 Å². The Morgan fingerprint density at radius 1 is 0.270 bits per heavy atom. The lowest BCUT2D eigenvalue weighted by molar-refractivity contribution is 1.18. The summed E-state index contributed by atoms with van der Waals surface area (Å²) in [6, 6.07) is 92.7. The molecule has 0 unspecified atom stereocenters. The van der Waals surface area contributed by atoms with Crippen molar-refractivity contribution < 1.29 is 0 Å². The van der Waals surface area contributed by atoms with Crippen molar-refractivity contribution in [1.82, 2.24) is 4.57 Å². The first-order valence-corrected chi connectivity index (χ1v) is 26.4. The van der Waals surface area contributed by atoms with Gasteiger partial charge in [0.2, 0.25) is 0 Å². The van der Waals surface area contributed by atoms with Crippen LogP contribution >= 0.6 is 11.3 Å². The average Bonchev–Trinajstić information content (AvgIpc) is 4.29. The molecule has 0 amide bonds. The molecule has 0 N–H and O–H groups in total. The van der Waals surface area contributed by atoms with E-state index in [1.165, 1.54) is 132 Å². The Hall–Kier alpha value is -9.23. The fourth-order valence-electron chi connectivity index (χ4n) is 13.2. The number of para-hydroxylation sites is 5. The van der Waals surface area contributed by atoms with Gasteiger partial charge in [-0.3, -0.25) is 0 Å². The summed E-state index contributed by atoms with van der Waals surface area (Å²) >= 11 is 1.88. The molecule has 8 heteroatoms. The molecule has 0 spiro atoms. The zero-order chi connectivity index (χ0) is 48.2. The van der Waals surface area contributed by atoms with Gasteiger partial charge in [0.25, 0.3) is 0 Å². The number of rotatable bonds is 4. The minimum atomic E-state index is -0.0719. The molecule has 0 radical (unpaired) electrons. The maximum Gasteiger partial charge on any atom is 0.421 e. The minimum Gasteiger partial charge on any atom is -0.360 e. The molecule has 0 aliphatic carbocycles. The SMILES string of the molecule is c1ccc(N2B3c4ccc(-c5cccc(-n6c7ccccc7c7cc8c(cc76)N(c6ccccc6)B6c7ccccc7-c7ccccc7N68)c5)cc4-c4ccccc4N3c3cc4c(cc32)sc2ccccc24)cc1. The highest BCUT2D eigenvalue weighted by Crippen LogP contribution is 2.56. The number of thiophene rings is 1. The molecule has 4 aliphatic rings. The van der Waals surface area contributed by atoms with E-state index in [0.29, 0.717) is 0 Å². The second-order valence-electron chi connectivity index (χ2n) is 20.0. The van der Waals surface area contributed by atoms with E-state index >= 15 is 0 Å². The zero-order valence-corrected chi connectivity index (χ0v) is 40.8. The van der Waals surface area contributed by atoms with Crippen molar-refractivity contribution in [2.75, 3.05) is 19.2 Å². The molecule has 0 bridgehead atoms. The number of anilines is 8. The van der Waals surface area contributed by atoms with Crippen LogP contribution in [-0.2, 0) is 0 Å². The topological polar surface area (TPSA) is 17.9 Å². The Bertz CT molecular complexity index is 4510. The molecule has 0 saturated carbocycles. The van der Waals surface area contributed by atoms with Crippen molar-refractivity contribution in [3.8, 4) is 39.1 Å². The highest BCUT2D eigenvalue weighted by molar-refractivity contribution is 7.25. The van der Waals surface area contributed by atoms with Crippen LogP contribution < -0.4 is 30.2 Å². The van der Waals surface area contributed by atoms with Crippen molar-refractivity contribution in [1.29, 1.82) is 0 Å². The normalized spacial score (nSPS) is 13.8. The standard InChI is InChI=1S/C66H41B2N5S/c1-3-19-44(20-4-1)70-63-40-60-53(38-61(63)72-58-31-14-9-25-48(58)47-24-7-12-29-55(47)67(70)72)50-27-8-13-30-57(50)69(60)46-23-17-18-42(36-46)43-34-35-56-52(37-43)49-26-10-15-32-59(49)73-62-39-54-51-28-11-16-33-65(51)74-66(54)41-64(62)71(68(56)73)45-21-5-2-6-22-45/h1-41H. The van der Waals surface area contributed by atoms with Gasteiger partial charge in [-0.15, -0.1) is 11.3 Å². The van der Waals surface area contributed by atoms with Gasteiger partial charge >= 0.3 is 14.0 Å². The molecular formula is C66H41B2N5S. The van der Waals surface area contributed by atoms with Crippen LogP contribution in [-0.4, -0.2) is 18.5 Å². The number of benzene rings is 11. The quantitative estimate of drug-likeness (QED) is 0.164. The number of aromatic nitrogens is 1. The third-order valence-electron chi connectivity index (χ3n) is 16.2. The summed E-state index contributed by atoms with van der Waals surface area (Å²) in [5.41, 5.74) is 23.2. The molecule has 13 aromatic rings. The molecular weight excluding hydrogens is 916 g/mol. The van der Waals surface area contributed by atoms with Gasteiger partial charge in [-0.2, -0.15) is 0 Å². The lowest BCUT2D eigenvalue weighted by Crippen LogP contribution is -2.55. The summed E-state index contributed by atoms with van der Waals surface area (Å²) in [5.74, 6) is 0. The first-order chi connectivity index (χ1) is 36.7. The molecule has 342 valence electrons. The summed E-state index contributed by atoms with van der Waals surface area (Å²) in [6.45, 7) is -0.123. The number of nitrogens with zero attached hydrogens (tertiary/aromatic N) is 5. The van der Waals surface area contributed by atoms with Crippen LogP contribution in [0.3, 0.4) is 0 Å². The highest BCUT2D eigenvalue weighted by Gasteiger charge is 2.50. The van der Waals surface area contributed by atoms with Crippen LogP contribution in [0.5, 0.6) is 0 Å². The third-order valence-corrected chi connectivity index (χ3v) is 17.4. The Morgan fingerprint density at radius 3 is 1.55 bits per heavy atom. The molecule has 2 aromatic heterocycles. The van der Waals surface area contributed by atoms with Crippen LogP contribution in [0, 0.1) is 0 Å². The van der Waals surface area contributed by atoms with Gasteiger partial charge in [-0.05, 0) is 124 Å². The van der Waals surface area contributed by atoms with Gasteiger partial charge in [0, 0.05) is 70.5 Å². The fraction of sp³-hybridized carbons (Fsp3) is 0. The van der Waals surface area contributed by atoms with E-state index in [1.54, 1.807) is 0 Å². The Labute approximate surface area is 432 Å². The molecule has 11 aromatic carbocycles. The summed E-state index contributed by atoms with van der Waals surface area (Å²) in [6.07, 6.45) is 0. The van der Waals surface area contributed by atoms with Crippen LogP contribution in [0.15, 0.2) is 249 Å². The third kappa shape index (κ3) is 5.50. The highest BCUT2D eigenvalue weighted by atomic mass is 32.1. The van der Waals surface area contributed by atoms with Crippen molar-refractivity contribution in [3.05, 3.63) is 249 Å². The minimum absolute atomic E-state index is 0.0512. The van der Waals surface area contributed by atoms with Crippen molar-refractivity contribution in [2.45, 2.75) is 0 Å². The maximum absolute atomic E-state index is 2.59. The van der Waals surface area contributed by atoms with Crippen LogP contribution in [0.2, 0.25) is 0 Å². The first-order valence-electron chi connectivity index (χ1n) is 25.6. The summed E-state index contributed by atoms with van der Waals surface area (Å²) in [5, 5.41) is 5.09. The van der Waals surface area contributed by atoms with Gasteiger partial charge in [-0.25, -0.2) is 0 Å². The number of hydrogen-bond donors (Lipinski definition) is 0. The summed E-state index contributed by atoms with van der Waals surface area (Å²) in [7, 11) is 0. The predicted octanol–water partition coefficient (Wildman–Crippen LogP) is 16.1. The van der Waals surface area contributed by atoms with Gasteiger partial charge in [0.05, 0.1) is 33.8 Å². The summed E-state index contributed by atoms with van der Waals surface area (Å²) in [4.78, 5) is 10.3. The Kier molecular flexibility index (Phi) is 8.27. The predicted molar refractivity (Wildman–Crippen MR) is 315 cm³/mol. The monoisotopic (exact) mass is 957 g/mol. The van der Waals surface area contributed by atoms with Crippen molar-refractivity contribution in [2.24, 2.45) is 0 Å². The van der Waals surface area contributed by atoms with E-state index in [2.05, 4.69) is 273 Å². The largest absolute Gasteiger partial charge is 0.421 e. The van der Waals surface area contributed by atoms with E-state index < -0.39 is 0 Å². The van der Waals surface area contributed by atoms with Gasteiger partial charge in [-0.1, -0.05) is 158 Å². The molecule has 17 rings (SSSR count). The molecule has 6 heterocycles. The smallest absolute Gasteiger partial charge is 0.360 e. The number of hydrogen-bond acceptors (Lipinski definition) is 5. The van der Waals surface area contributed by atoms with E-state index in [9.17, 15) is 0 Å². The van der Waals surface area contributed by atoms with E-state index in [4.69, 9.17) is 0 Å². The second-order valence-corrected chi connectivity index (χ2v) is 21.1. The van der Waals surface area contributed by atoms with Gasteiger partial charge < -0.3 is 23.8 Å². The van der Waals surface area contributed by atoms with Crippen LogP contribution in [0.1, 0.15) is 0 Å². The van der Waals surface area contributed by atoms with Crippen LogP contribution in [0.4, 0.5) is 45.5 Å². The molecule has 74 heavy (non-hydrogen) atoms. The van der Waals surface area contributed by atoms with Crippen LogP contribution in [0.25, 0.3) is 81.0 Å². The fourth-order valence-corrected chi connectivity index (χ4v) is 14.3.